The van der Waals surface area contributed by atoms with E-state index in [1.165, 1.54) is 5.56 Å². The second kappa shape index (κ2) is 6.20. The molecule has 0 aliphatic rings. The number of pyridine rings is 1. The molecule has 1 aromatic carbocycles. The summed E-state index contributed by atoms with van der Waals surface area (Å²) in [6.07, 6.45) is 0. The van der Waals surface area contributed by atoms with Gasteiger partial charge in [-0.3, -0.25) is 0 Å². The Morgan fingerprint density at radius 1 is 1.16 bits per heavy atom. The minimum absolute atomic E-state index is 0.427. The van der Waals surface area contributed by atoms with Crippen molar-refractivity contribution in [2.24, 2.45) is 5.84 Å². The molecule has 2 aromatic rings. The molecule has 4 heteroatoms. The van der Waals surface area contributed by atoms with Crippen molar-refractivity contribution in [1.82, 2.24) is 4.98 Å². The van der Waals surface area contributed by atoms with Gasteiger partial charge in [-0.2, -0.15) is 0 Å². The van der Waals surface area contributed by atoms with Gasteiger partial charge in [0.2, 0.25) is 0 Å². The Hall–Kier alpha value is -2.07. The zero-order chi connectivity index (χ0) is 13.7. The monoisotopic (exact) mass is 257 g/mol. The van der Waals surface area contributed by atoms with E-state index >= 15 is 0 Å². The summed E-state index contributed by atoms with van der Waals surface area (Å²) in [5.41, 5.74) is 4.66. The topological polar surface area (TPSA) is 60.2 Å². The predicted molar refractivity (Wildman–Crippen MR) is 76.9 cm³/mol. The van der Waals surface area contributed by atoms with Crippen LogP contribution < -0.4 is 16.0 Å². The smallest absolute Gasteiger partial charge is 0.140 e. The van der Waals surface area contributed by atoms with E-state index < -0.39 is 0 Å². The Labute approximate surface area is 113 Å². The number of aromatic nitrogens is 1. The fourth-order valence-electron chi connectivity index (χ4n) is 1.75. The molecule has 0 bridgehead atoms. The molecule has 1 heterocycles. The van der Waals surface area contributed by atoms with Crippen LogP contribution in [0.25, 0.3) is 0 Å². The van der Waals surface area contributed by atoms with E-state index in [4.69, 9.17) is 10.6 Å². The number of rotatable bonds is 5. The Bertz CT molecular complexity index is 523. The van der Waals surface area contributed by atoms with Crippen LogP contribution in [0.4, 0.5) is 5.82 Å². The van der Waals surface area contributed by atoms with Gasteiger partial charge in [0.05, 0.1) is 5.69 Å². The Morgan fingerprint density at radius 3 is 2.53 bits per heavy atom. The first-order valence-corrected chi connectivity index (χ1v) is 6.34. The van der Waals surface area contributed by atoms with Gasteiger partial charge >= 0.3 is 0 Å². The minimum Gasteiger partial charge on any atom is -0.487 e. The highest BCUT2D eigenvalue weighted by atomic mass is 16.5. The fourth-order valence-corrected chi connectivity index (χ4v) is 1.75. The van der Waals surface area contributed by atoms with E-state index in [0.717, 1.165) is 11.4 Å². The molecule has 0 aliphatic heterocycles. The molecular formula is C15H19N3O. The van der Waals surface area contributed by atoms with Crippen LogP contribution in [0.5, 0.6) is 5.75 Å². The first-order chi connectivity index (χ1) is 9.19. The molecule has 0 radical (unpaired) electrons. The van der Waals surface area contributed by atoms with E-state index in [0.29, 0.717) is 18.3 Å². The molecule has 2 rings (SSSR count). The van der Waals surface area contributed by atoms with Crippen molar-refractivity contribution < 1.29 is 4.74 Å². The molecule has 0 fully saturated rings. The molecular weight excluding hydrogens is 238 g/mol. The van der Waals surface area contributed by atoms with Crippen LogP contribution in [0.2, 0.25) is 0 Å². The van der Waals surface area contributed by atoms with Crippen LogP contribution in [-0.4, -0.2) is 4.98 Å². The molecule has 0 saturated heterocycles. The number of hydrazine groups is 1. The number of nitrogen functional groups attached to an aromatic ring is 1. The van der Waals surface area contributed by atoms with Gasteiger partial charge in [-0.15, -0.1) is 0 Å². The number of hydrogen-bond donors (Lipinski definition) is 2. The van der Waals surface area contributed by atoms with Gasteiger partial charge in [0, 0.05) is 0 Å². The standard InChI is InChI=1S/C15H19N3O/c1-11(2)12-6-8-14(9-7-12)19-10-13-4-3-5-15(17-13)18-16/h3-9,11H,10,16H2,1-2H3,(H,17,18). The lowest BCUT2D eigenvalue weighted by Gasteiger charge is -2.09. The van der Waals surface area contributed by atoms with E-state index in [9.17, 15) is 0 Å². The summed E-state index contributed by atoms with van der Waals surface area (Å²) in [6.45, 7) is 4.77. The Morgan fingerprint density at radius 2 is 1.89 bits per heavy atom. The molecule has 0 spiro atoms. The number of ether oxygens (including phenoxy) is 1. The molecule has 100 valence electrons. The summed E-state index contributed by atoms with van der Waals surface area (Å²) in [6, 6.07) is 13.8. The van der Waals surface area contributed by atoms with Crippen LogP contribution in [0, 0.1) is 0 Å². The van der Waals surface area contributed by atoms with Gasteiger partial charge in [-0.05, 0) is 35.7 Å². The van der Waals surface area contributed by atoms with Crippen molar-refractivity contribution in [2.75, 3.05) is 5.43 Å². The van der Waals surface area contributed by atoms with Crippen molar-refractivity contribution in [3.05, 3.63) is 53.7 Å². The zero-order valence-electron chi connectivity index (χ0n) is 11.3. The lowest BCUT2D eigenvalue weighted by Crippen LogP contribution is -2.09. The third kappa shape index (κ3) is 3.69. The van der Waals surface area contributed by atoms with Gasteiger partial charge in [-0.1, -0.05) is 32.0 Å². The van der Waals surface area contributed by atoms with Crippen molar-refractivity contribution >= 4 is 5.82 Å². The first kappa shape index (κ1) is 13.4. The van der Waals surface area contributed by atoms with Gasteiger partial charge in [-0.25, -0.2) is 10.8 Å². The van der Waals surface area contributed by atoms with Crippen molar-refractivity contribution in [1.29, 1.82) is 0 Å². The average Bonchev–Trinajstić information content (AvgIpc) is 2.46. The number of anilines is 1. The molecule has 0 atom stereocenters. The maximum absolute atomic E-state index is 5.70. The van der Waals surface area contributed by atoms with Gasteiger partial charge in [0.25, 0.3) is 0 Å². The highest BCUT2D eigenvalue weighted by Crippen LogP contribution is 2.19. The number of benzene rings is 1. The lowest BCUT2D eigenvalue weighted by atomic mass is 10.0. The number of nitrogens with one attached hydrogen (secondary N) is 1. The first-order valence-electron chi connectivity index (χ1n) is 6.34. The molecule has 3 N–H and O–H groups in total. The number of nitrogens with zero attached hydrogens (tertiary/aromatic N) is 1. The van der Waals surface area contributed by atoms with Crippen molar-refractivity contribution in [2.45, 2.75) is 26.4 Å². The summed E-state index contributed by atoms with van der Waals surface area (Å²) in [5.74, 6) is 7.33. The molecule has 4 nitrogen and oxygen atoms in total. The molecule has 19 heavy (non-hydrogen) atoms. The highest BCUT2D eigenvalue weighted by molar-refractivity contribution is 5.33. The second-order valence-corrected chi connectivity index (χ2v) is 4.67. The van der Waals surface area contributed by atoms with E-state index in [2.05, 4.69) is 36.4 Å². The van der Waals surface area contributed by atoms with Crippen LogP contribution in [0.3, 0.4) is 0 Å². The summed E-state index contributed by atoms with van der Waals surface area (Å²) < 4.78 is 5.70. The summed E-state index contributed by atoms with van der Waals surface area (Å²) in [5, 5.41) is 0. The SMILES string of the molecule is CC(C)c1ccc(OCc2cccc(NN)n2)cc1. The summed E-state index contributed by atoms with van der Waals surface area (Å²) in [4.78, 5) is 4.29. The molecule has 0 amide bonds. The Balaban J connectivity index is 1.98. The van der Waals surface area contributed by atoms with Gasteiger partial charge in [0.1, 0.15) is 18.2 Å². The van der Waals surface area contributed by atoms with Crippen LogP contribution >= 0.6 is 0 Å². The maximum Gasteiger partial charge on any atom is 0.140 e. The largest absolute Gasteiger partial charge is 0.487 e. The predicted octanol–water partition coefficient (Wildman–Crippen LogP) is 3.07. The fraction of sp³-hybridized carbons (Fsp3) is 0.267. The van der Waals surface area contributed by atoms with E-state index in [1.807, 2.05) is 24.3 Å². The van der Waals surface area contributed by atoms with Crippen LogP contribution in [0.1, 0.15) is 31.0 Å². The highest BCUT2D eigenvalue weighted by Gasteiger charge is 2.01. The van der Waals surface area contributed by atoms with Crippen molar-refractivity contribution in [3.8, 4) is 5.75 Å². The van der Waals surface area contributed by atoms with Gasteiger partial charge < -0.3 is 10.2 Å². The normalized spacial score (nSPS) is 10.5. The molecule has 0 unspecified atom stereocenters. The molecule has 1 aromatic heterocycles. The van der Waals surface area contributed by atoms with Crippen molar-refractivity contribution in [3.63, 3.8) is 0 Å². The van der Waals surface area contributed by atoms with Crippen LogP contribution in [-0.2, 0) is 6.61 Å². The number of hydrogen-bond acceptors (Lipinski definition) is 4. The minimum atomic E-state index is 0.427. The second-order valence-electron chi connectivity index (χ2n) is 4.67. The lowest BCUT2D eigenvalue weighted by molar-refractivity contribution is 0.301. The third-order valence-corrected chi connectivity index (χ3v) is 2.89. The number of nitrogens with two attached hydrogens (primary N) is 1. The zero-order valence-corrected chi connectivity index (χ0v) is 11.3. The average molecular weight is 257 g/mol. The Kier molecular flexibility index (Phi) is 4.36. The molecule has 0 saturated carbocycles. The quantitative estimate of drug-likeness (QED) is 0.638. The van der Waals surface area contributed by atoms with Gasteiger partial charge in [0.15, 0.2) is 0 Å². The molecule has 0 aliphatic carbocycles. The van der Waals surface area contributed by atoms with E-state index in [1.54, 1.807) is 6.07 Å². The summed E-state index contributed by atoms with van der Waals surface area (Å²) in [7, 11) is 0. The van der Waals surface area contributed by atoms with Crippen LogP contribution in [0.15, 0.2) is 42.5 Å². The third-order valence-electron chi connectivity index (χ3n) is 2.89. The maximum atomic E-state index is 5.70. The summed E-state index contributed by atoms with van der Waals surface area (Å²) >= 11 is 0. The van der Waals surface area contributed by atoms with E-state index in [-0.39, 0.29) is 0 Å².